The molecule has 66 valence electrons. The normalized spacial score (nSPS) is 21.4. The predicted octanol–water partition coefficient (Wildman–Crippen LogP) is 2.33. The number of thiazole rings is 1. The molecule has 0 bridgehead atoms. The fraction of sp³-hybridized carbons (Fsp3) is 0.667. The van der Waals surface area contributed by atoms with E-state index in [2.05, 4.69) is 10.4 Å². The molecular formula is C9H14N2S. The first kappa shape index (κ1) is 8.20. The van der Waals surface area contributed by atoms with Crippen LogP contribution in [0, 0.1) is 5.92 Å². The van der Waals surface area contributed by atoms with E-state index in [1.165, 1.54) is 25.7 Å². The smallest absolute Gasteiger partial charge is 0.0795 e. The van der Waals surface area contributed by atoms with Crippen LogP contribution in [0.15, 0.2) is 10.9 Å². The summed E-state index contributed by atoms with van der Waals surface area (Å²) in [7, 11) is 0. The largest absolute Gasteiger partial charge is 0.322 e. The van der Waals surface area contributed by atoms with Crippen LogP contribution in [0.4, 0.5) is 0 Å². The summed E-state index contributed by atoms with van der Waals surface area (Å²) in [5.74, 6) is 0.687. The molecule has 0 spiro atoms. The summed E-state index contributed by atoms with van der Waals surface area (Å²) in [5, 5.41) is 2.07. The van der Waals surface area contributed by atoms with Gasteiger partial charge >= 0.3 is 0 Å². The molecule has 0 radical (unpaired) electrons. The fourth-order valence-electron chi connectivity index (χ4n) is 1.94. The Morgan fingerprint density at radius 2 is 2.25 bits per heavy atom. The Morgan fingerprint density at radius 1 is 1.50 bits per heavy atom. The molecule has 2 nitrogen and oxygen atoms in total. The van der Waals surface area contributed by atoms with Crippen LogP contribution in [0.25, 0.3) is 0 Å². The lowest BCUT2D eigenvalue weighted by atomic mass is 9.97. The number of rotatable bonds is 2. The van der Waals surface area contributed by atoms with E-state index in [4.69, 9.17) is 5.73 Å². The highest BCUT2D eigenvalue weighted by Crippen LogP contribution is 2.33. The van der Waals surface area contributed by atoms with E-state index in [0.29, 0.717) is 5.92 Å². The van der Waals surface area contributed by atoms with Crippen LogP contribution < -0.4 is 5.73 Å². The van der Waals surface area contributed by atoms with E-state index >= 15 is 0 Å². The van der Waals surface area contributed by atoms with Crippen molar-refractivity contribution in [3.05, 3.63) is 16.6 Å². The third-order valence-electron chi connectivity index (χ3n) is 2.70. The number of hydrogen-bond acceptors (Lipinski definition) is 3. The Morgan fingerprint density at radius 3 is 2.83 bits per heavy atom. The Kier molecular flexibility index (Phi) is 2.42. The molecule has 0 amide bonds. The second-order valence-electron chi connectivity index (χ2n) is 3.48. The zero-order valence-corrected chi connectivity index (χ0v) is 7.89. The minimum atomic E-state index is 0.193. The van der Waals surface area contributed by atoms with Crippen LogP contribution in [0.3, 0.4) is 0 Å². The molecule has 1 atom stereocenters. The van der Waals surface area contributed by atoms with Crippen LogP contribution >= 0.6 is 11.3 Å². The minimum Gasteiger partial charge on any atom is -0.322 e. The van der Waals surface area contributed by atoms with Gasteiger partial charge in [0, 0.05) is 5.38 Å². The van der Waals surface area contributed by atoms with Gasteiger partial charge in [-0.2, -0.15) is 0 Å². The Labute approximate surface area is 76.8 Å². The lowest BCUT2D eigenvalue weighted by Crippen LogP contribution is -2.19. The van der Waals surface area contributed by atoms with Gasteiger partial charge in [0.15, 0.2) is 0 Å². The van der Waals surface area contributed by atoms with Gasteiger partial charge in [-0.3, -0.25) is 0 Å². The highest BCUT2D eigenvalue weighted by Gasteiger charge is 2.23. The summed E-state index contributed by atoms with van der Waals surface area (Å²) in [6, 6.07) is 0.193. The number of hydrogen-bond donors (Lipinski definition) is 1. The molecule has 1 heterocycles. The van der Waals surface area contributed by atoms with Crippen molar-refractivity contribution in [1.29, 1.82) is 0 Å². The average molecular weight is 182 g/mol. The van der Waals surface area contributed by atoms with Crippen molar-refractivity contribution in [2.45, 2.75) is 31.7 Å². The molecule has 1 aliphatic rings. The van der Waals surface area contributed by atoms with Gasteiger partial charge in [0.1, 0.15) is 0 Å². The summed E-state index contributed by atoms with van der Waals surface area (Å²) in [5.41, 5.74) is 9.04. The van der Waals surface area contributed by atoms with Crippen molar-refractivity contribution >= 4 is 11.3 Å². The average Bonchev–Trinajstić information content (AvgIpc) is 2.77. The molecule has 12 heavy (non-hydrogen) atoms. The lowest BCUT2D eigenvalue weighted by Gasteiger charge is -2.15. The van der Waals surface area contributed by atoms with Crippen molar-refractivity contribution in [1.82, 2.24) is 4.98 Å². The SMILES string of the molecule is NC(c1cscn1)C1CCCC1. The van der Waals surface area contributed by atoms with Crippen molar-refractivity contribution in [3.8, 4) is 0 Å². The molecule has 1 fully saturated rings. The second-order valence-corrected chi connectivity index (χ2v) is 4.20. The van der Waals surface area contributed by atoms with Crippen LogP contribution in [0.5, 0.6) is 0 Å². The summed E-state index contributed by atoms with van der Waals surface area (Å²) in [6.07, 6.45) is 5.28. The molecule has 1 saturated carbocycles. The van der Waals surface area contributed by atoms with E-state index < -0.39 is 0 Å². The van der Waals surface area contributed by atoms with Crippen LogP contribution in [-0.2, 0) is 0 Å². The van der Waals surface area contributed by atoms with Crippen LogP contribution in [0.1, 0.15) is 37.4 Å². The van der Waals surface area contributed by atoms with Crippen molar-refractivity contribution in [3.63, 3.8) is 0 Å². The van der Waals surface area contributed by atoms with Gasteiger partial charge in [-0.25, -0.2) is 4.98 Å². The summed E-state index contributed by atoms with van der Waals surface area (Å²) in [4.78, 5) is 4.25. The first-order valence-electron chi connectivity index (χ1n) is 4.51. The van der Waals surface area contributed by atoms with E-state index in [9.17, 15) is 0 Å². The van der Waals surface area contributed by atoms with Gasteiger partial charge in [0.05, 0.1) is 17.2 Å². The highest BCUT2D eigenvalue weighted by molar-refractivity contribution is 7.07. The zero-order chi connectivity index (χ0) is 8.39. The Hall–Kier alpha value is -0.410. The standard InChI is InChI=1S/C9H14N2S/c10-9(7-3-1-2-4-7)8-5-12-6-11-8/h5-7,9H,1-4,10H2. The van der Waals surface area contributed by atoms with Crippen molar-refractivity contribution < 1.29 is 0 Å². The van der Waals surface area contributed by atoms with Gasteiger partial charge in [-0.1, -0.05) is 12.8 Å². The molecule has 2 N–H and O–H groups in total. The first-order chi connectivity index (χ1) is 5.88. The van der Waals surface area contributed by atoms with Gasteiger partial charge in [0.25, 0.3) is 0 Å². The highest BCUT2D eigenvalue weighted by atomic mass is 32.1. The Bertz CT molecular complexity index is 227. The van der Waals surface area contributed by atoms with Crippen molar-refractivity contribution in [2.24, 2.45) is 11.7 Å². The van der Waals surface area contributed by atoms with E-state index in [1.807, 2.05) is 5.51 Å². The maximum atomic E-state index is 6.09. The molecule has 3 heteroatoms. The maximum Gasteiger partial charge on any atom is 0.0795 e. The lowest BCUT2D eigenvalue weighted by molar-refractivity contribution is 0.438. The molecule has 0 aromatic carbocycles. The molecule has 1 unspecified atom stereocenters. The van der Waals surface area contributed by atoms with Gasteiger partial charge < -0.3 is 5.73 Å². The molecule has 0 aliphatic heterocycles. The first-order valence-corrected chi connectivity index (χ1v) is 5.46. The molecule has 0 saturated heterocycles. The van der Waals surface area contributed by atoms with Gasteiger partial charge in [-0.05, 0) is 18.8 Å². The maximum absolute atomic E-state index is 6.09. The molecule has 1 aromatic heterocycles. The zero-order valence-electron chi connectivity index (χ0n) is 7.07. The molecule has 2 rings (SSSR count). The molecule has 1 aromatic rings. The Balaban J connectivity index is 2.04. The van der Waals surface area contributed by atoms with E-state index in [0.717, 1.165) is 5.69 Å². The third-order valence-corrected chi connectivity index (χ3v) is 3.31. The fourth-order valence-corrected chi connectivity index (χ4v) is 2.55. The molecule has 1 aliphatic carbocycles. The summed E-state index contributed by atoms with van der Waals surface area (Å²) in [6.45, 7) is 0. The minimum absolute atomic E-state index is 0.193. The number of nitrogens with zero attached hydrogens (tertiary/aromatic N) is 1. The van der Waals surface area contributed by atoms with Gasteiger partial charge in [0.2, 0.25) is 0 Å². The summed E-state index contributed by atoms with van der Waals surface area (Å²) < 4.78 is 0. The number of nitrogens with two attached hydrogens (primary N) is 1. The van der Waals surface area contributed by atoms with E-state index in [1.54, 1.807) is 11.3 Å². The van der Waals surface area contributed by atoms with Gasteiger partial charge in [-0.15, -0.1) is 11.3 Å². The molecular weight excluding hydrogens is 168 g/mol. The second kappa shape index (κ2) is 3.54. The summed E-state index contributed by atoms with van der Waals surface area (Å²) >= 11 is 1.64. The monoisotopic (exact) mass is 182 g/mol. The third kappa shape index (κ3) is 1.52. The van der Waals surface area contributed by atoms with Crippen LogP contribution in [0.2, 0.25) is 0 Å². The van der Waals surface area contributed by atoms with Crippen molar-refractivity contribution in [2.75, 3.05) is 0 Å². The van der Waals surface area contributed by atoms with Crippen LogP contribution in [-0.4, -0.2) is 4.98 Å². The predicted molar refractivity (Wildman–Crippen MR) is 51.0 cm³/mol. The van der Waals surface area contributed by atoms with E-state index in [-0.39, 0.29) is 6.04 Å². The quantitative estimate of drug-likeness (QED) is 0.762. The topological polar surface area (TPSA) is 38.9 Å². The number of aromatic nitrogens is 1.